The largest absolute Gasteiger partial charge is 0.325 e. The van der Waals surface area contributed by atoms with Gasteiger partial charge in [0.15, 0.2) is 0 Å². The molecule has 104 valence electrons. The van der Waals surface area contributed by atoms with Gasteiger partial charge in [0.05, 0.1) is 10.5 Å². The molecular formula is C13H18BrFN4. The van der Waals surface area contributed by atoms with Gasteiger partial charge in [-0.25, -0.2) is 15.2 Å². The Hall–Kier alpha value is -1.14. The van der Waals surface area contributed by atoms with E-state index in [0.717, 1.165) is 24.1 Å². The van der Waals surface area contributed by atoms with E-state index in [1.807, 2.05) is 6.92 Å². The Labute approximate surface area is 120 Å². The lowest BCUT2D eigenvalue weighted by molar-refractivity contribution is 0.620. The van der Waals surface area contributed by atoms with E-state index >= 15 is 0 Å². The number of hydrogen-bond donors (Lipinski definition) is 3. The van der Waals surface area contributed by atoms with Crippen LogP contribution in [-0.2, 0) is 0 Å². The van der Waals surface area contributed by atoms with E-state index in [1.54, 1.807) is 6.07 Å². The lowest BCUT2D eigenvalue weighted by Gasteiger charge is -2.14. The number of anilines is 1. The van der Waals surface area contributed by atoms with Crippen molar-refractivity contribution in [2.24, 2.45) is 10.8 Å². The van der Waals surface area contributed by atoms with Crippen molar-refractivity contribution in [3.8, 4) is 0 Å². The van der Waals surface area contributed by atoms with Crippen LogP contribution in [0.5, 0.6) is 0 Å². The molecule has 1 aliphatic carbocycles. The second-order valence-corrected chi connectivity index (χ2v) is 5.62. The van der Waals surface area contributed by atoms with Gasteiger partial charge in [-0.2, -0.15) is 0 Å². The summed E-state index contributed by atoms with van der Waals surface area (Å²) in [7, 11) is 0. The summed E-state index contributed by atoms with van der Waals surface area (Å²) in [4.78, 5) is 4.54. The highest BCUT2D eigenvalue weighted by molar-refractivity contribution is 9.10. The Balaban J connectivity index is 2.15. The Morgan fingerprint density at radius 2 is 2.11 bits per heavy atom. The van der Waals surface area contributed by atoms with E-state index in [1.165, 1.54) is 18.9 Å². The first-order valence-corrected chi connectivity index (χ1v) is 7.16. The zero-order valence-corrected chi connectivity index (χ0v) is 12.4. The number of hydrogen-bond acceptors (Lipinski definition) is 2. The van der Waals surface area contributed by atoms with Crippen LogP contribution in [0.25, 0.3) is 0 Å². The van der Waals surface area contributed by atoms with Gasteiger partial charge >= 0.3 is 0 Å². The fraction of sp³-hybridized carbons (Fsp3) is 0.462. The van der Waals surface area contributed by atoms with E-state index < -0.39 is 0 Å². The molecule has 4 N–H and O–H groups in total. The van der Waals surface area contributed by atoms with Crippen LogP contribution in [0, 0.1) is 12.7 Å². The maximum Gasteiger partial charge on any atom is 0.210 e. The molecule has 0 aliphatic heterocycles. The van der Waals surface area contributed by atoms with Crippen LogP contribution in [0.15, 0.2) is 21.6 Å². The molecule has 6 heteroatoms. The second-order valence-electron chi connectivity index (χ2n) is 4.77. The number of nitrogens with one attached hydrogen (secondary N) is 2. The van der Waals surface area contributed by atoms with E-state index in [-0.39, 0.29) is 5.82 Å². The Morgan fingerprint density at radius 1 is 1.42 bits per heavy atom. The SMILES string of the molecule is Cc1cc(F)c(Br)cc1NC(=NC1CCCC1)NN. The average Bonchev–Trinajstić information content (AvgIpc) is 2.87. The van der Waals surface area contributed by atoms with Crippen LogP contribution in [-0.4, -0.2) is 12.0 Å². The summed E-state index contributed by atoms with van der Waals surface area (Å²) in [5.74, 6) is 5.73. The van der Waals surface area contributed by atoms with Crippen molar-refractivity contribution < 1.29 is 4.39 Å². The molecule has 1 saturated carbocycles. The number of nitrogens with zero attached hydrogens (tertiary/aromatic N) is 1. The summed E-state index contributed by atoms with van der Waals surface area (Å²) in [6.07, 6.45) is 4.62. The molecule has 0 bridgehead atoms. The lowest BCUT2D eigenvalue weighted by atomic mass is 10.2. The molecule has 2 rings (SSSR count). The molecule has 0 amide bonds. The average molecular weight is 329 g/mol. The molecule has 1 aromatic carbocycles. The van der Waals surface area contributed by atoms with Gasteiger partial charge < -0.3 is 5.32 Å². The van der Waals surface area contributed by atoms with Gasteiger partial charge in [-0.1, -0.05) is 12.8 Å². The van der Waals surface area contributed by atoms with Crippen LogP contribution in [0.2, 0.25) is 0 Å². The summed E-state index contributed by atoms with van der Waals surface area (Å²) >= 11 is 3.17. The number of nitrogens with two attached hydrogens (primary N) is 1. The number of aliphatic imine (C=N–C) groups is 1. The Bertz CT molecular complexity index is 484. The lowest BCUT2D eigenvalue weighted by Crippen LogP contribution is -2.37. The molecular weight excluding hydrogens is 311 g/mol. The standard InChI is InChI=1S/C13H18BrFN4/c1-8-6-11(15)10(14)7-12(8)18-13(19-16)17-9-4-2-3-5-9/h6-7,9H,2-5,16H2,1H3,(H2,17,18,19). The highest BCUT2D eigenvalue weighted by Gasteiger charge is 2.15. The van der Waals surface area contributed by atoms with E-state index in [4.69, 9.17) is 5.84 Å². The van der Waals surface area contributed by atoms with Gasteiger partial charge in [0.1, 0.15) is 5.82 Å². The van der Waals surface area contributed by atoms with Crippen molar-refractivity contribution in [2.45, 2.75) is 38.6 Å². The van der Waals surface area contributed by atoms with E-state index in [2.05, 4.69) is 31.7 Å². The third-order valence-corrected chi connectivity index (χ3v) is 3.90. The first-order valence-electron chi connectivity index (χ1n) is 6.37. The number of guanidine groups is 1. The molecule has 0 atom stereocenters. The first kappa shape index (κ1) is 14.3. The maximum atomic E-state index is 13.4. The minimum Gasteiger partial charge on any atom is -0.325 e. The van der Waals surface area contributed by atoms with Gasteiger partial charge in [-0.15, -0.1) is 0 Å². The molecule has 19 heavy (non-hydrogen) atoms. The van der Waals surface area contributed by atoms with Crippen LogP contribution in [0.3, 0.4) is 0 Å². The molecule has 1 aromatic rings. The Kier molecular flexibility index (Phi) is 4.76. The number of hydrazine groups is 1. The van der Waals surface area contributed by atoms with Crippen molar-refractivity contribution in [3.63, 3.8) is 0 Å². The zero-order valence-electron chi connectivity index (χ0n) is 10.8. The quantitative estimate of drug-likeness (QED) is 0.338. The molecule has 0 saturated heterocycles. The third-order valence-electron chi connectivity index (χ3n) is 3.29. The summed E-state index contributed by atoms with van der Waals surface area (Å²) < 4.78 is 13.8. The first-order chi connectivity index (χ1) is 9.10. The summed E-state index contributed by atoms with van der Waals surface area (Å²) in [5, 5.41) is 3.11. The summed E-state index contributed by atoms with van der Waals surface area (Å²) in [5.41, 5.74) is 4.15. The Morgan fingerprint density at radius 3 is 2.74 bits per heavy atom. The van der Waals surface area contributed by atoms with Crippen molar-refractivity contribution in [1.82, 2.24) is 5.43 Å². The highest BCUT2D eigenvalue weighted by Crippen LogP contribution is 2.25. The van der Waals surface area contributed by atoms with E-state index in [0.29, 0.717) is 16.5 Å². The normalized spacial score (nSPS) is 16.7. The molecule has 0 spiro atoms. The van der Waals surface area contributed by atoms with Crippen molar-refractivity contribution >= 4 is 27.6 Å². The van der Waals surface area contributed by atoms with Crippen molar-refractivity contribution in [2.75, 3.05) is 5.32 Å². The number of halogens is 2. The third kappa shape index (κ3) is 3.67. The fourth-order valence-corrected chi connectivity index (χ4v) is 2.57. The fourth-order valence-electron chi connectivity index (χ4n) is 2.23. The molecule has 0 radical (unpaired) electrons. The highest BCUT2D eigenvalue weighted by atomic mass is 79.9. The summed E-state index contributed by atoms with van der Waals surface area (Å²) in [6, 6.07) is 3.48. The molecule has 0 aromatic heterocycles. The predicted molar refractivity (Wildman–Crippen MR) is 79.5 cm³/mol. The summed E-state index contributed by atoms with van der Waals surface area (Å²) in [6.45, 7) is 1.83. The second kappa shape index (κ2) is 6.34. The van der Waals surface area contributed by atoms with Crippen molar-refractivity contribution in [3.05, 3.63) is 28.0 Å². The minimum atomic E-state index is -0.280. The van der Waals surface area contributed by atoms with Gasteiger partial charge in [0, 0.05) is 5.69 Å². The van der Waals surface area contributed by atoms with Crippen LogP contribution < -0.4 is 16.6 Å². The van der Waals surface area contributed by atoms with Crippen LogP contribution in [0.4, 0.5) is 10.1 Å². The minimum absolute atomic E-state index is 0.280. The number of benzene rings is 1. The zero-order chi connectivity index (χ0) is 13.8. The number of rotatable bonds is 2. The van der Waals surface area contributed by atoms with Crippen molar-refractivity contribution in [1.29, 1.82) is 0 Å². The molecule has 4 nitrogen and oxygen atoms in total. The van der Waals surface area contributed by atoms with Gasteiger partial charge in [0.25, 0.3) is 0 Å². The predicted octanol–water partition coefficient (Wildman–Crippen LogP) is 3.07. The van der Waals surface area contributed by atoms with E-state index in [9.17, 15) is 4.39 Å². The van der Waals surface area contributed by atoms with Crippen LogP contribution in [0.1, 0.15) is 31.2 Å². The molecule has 1 aliphatic rings. The molecule has 0 unspecified atom stereocenters. The molecule has 1 fully saturated rings. The molecule has 0 heterocycles. The topological polar surface area (TPSA) is 62.4 Å². The van der Waals surface area contributed by atoms with Gasteiger partial charge in [0.2, 0.25) is 5.96 Å². The smallest absolute Gasteiger partial charge is 0.210 e. The van der Waals surface area contributed by atoms with Crippen LogP contribution >= 0.6 is 15.9 Å². The maximum absolute atomic E-state index is 13.4. The van der Waals surface area contributed by atoms with Gasteiger partial charge in [-0.05, 0) is 53.4 Å². The van der Waals surface area contributed by atoms with Gasteiger partial charge in [-0.3, -0.25) is 5.43 Å². The number of aryl methyl sites for hydroxylation is 1. The monoisotopic (exact) mass is 328 g/mol.